The van der Waals surface area contributed by atoms with Gasteiger partial charge in [0.25, 0.3) is 0 Å². The second kappa shape index (κ2) is 4.98. The van der Waals surface area contributed by atoms with Gasteiger partial charge in [-0.1, -0.05) is 48.5 Å². The molecule has 2 aromatic rings. The Balaban J connectivity index is 2.22. The molecule has 0 spiro atoms. The van der Waals surface area contributed by atoms with Crippen molar-refractivity contribution in [2.24, 2.45) is 5.73 Å². The summed E-state index contributed by atoms with van der Waals surface area (Å²) in [4.78, 5) is 25.8. The predicted molar refractivity (Wildman–Crippen MR) is 86.5 cm³/mol. The number of primary amides is 1. The van der Waals surface area contributed by atoms with Crippen LogP contribution in [-0.2, 0) is 15.0 Å². The van der Waals surface area contributed by atoms with Gasteiger partial charge in [-0.25, -0.2) is 0 Å². The first-order valence-electron chi connectivity index (χ1n) is 7.20. The Kier molecular flexibility index (Phi) is 3.24. The van der Waals surface area contributed by atoms with Crippen molar-refractivity contribution in [3.8, 4) is 11.1 Å². The zero-order valence-corrected chi connectivity index (χ0v) is 12.7. The molecular weight excluding hydrogens is 276 g/mol. The predicted octanol–water partition coefficient (Wildman–Crippen LogP) is 2.46. The molecule has 3 rings (SSSR count). The second-order valence-electron chi connectivity index (χ2n) is 5.91. The van der Waals surface area contributed by atoms with Crippen LogP contribution in [0.1, 0.15) is 18.9 Å². The molecule has 1 unspecified atom stereocenters. The van der Waals surface area contributed by atoms with Crippen LogP contribution < -0.4 is 10.6 Å². The molecule has 0 fully saturated rings. The smallest absolute Gasteiger partial charge is 0.237 e. The number of hydrogen-bond donors (Lipinski definition) is 1. The van der Waals surface area contributed by atoms with E-state index in [0.717, 1.165) is 22.4 Å². The van der Waals surface area contributed by atoms with Crippen LogP contribution in [0.5, 0.6) is 0 Å². The largest absolute Gasteiger partial charge is 0.370 e. The lowest BCUT2D eigenvalue weighted by atomic mass is 9.79. The number of para-hydroxylation sites is 1. The van der Waals surface area contributed by atoms with Crippen molar-refractivity contribution in [1.82, 2.24) is 0 Å². The molecule has 112 valence electrons. The maximum absolute atomic E-state index is 12.7. The molecule has 0 radical (unpaired) electrons. The van der Waals surface area contributed by atoms with Crippen molar-refractivity contribution in [3.05, 3.63) is 54.1 Å². The Morgan fingerprint density at radius 2 is 1.82 bits per heavy atom. The van der Waals surface area contributed by atoms with Crippen LogP contribution in [0.25, 0.3) is 11.1 Å². The number of rotatable bonds is 3. The number of fused-ring (bicyclic) bond motifs is 1. The molecule has 0 aliphatic carbocycles. The molecule has 1 atom stereocenters. The average Bonchev–Trinajstić information content (AvgIpc) is 2.70. The van der Waals surface area contributed by atoms with E-state index in [1.807, 2.05) is 48.5 Å². The minimum absolute atomic E-state index is 0.0153. The highest BCUT2D eigenvalue weighted by atomic mass is 16.2. The minimum atomic E-state index is -0.888. The highest BCUT2D eigenvalue weighted by Crippen LogP contribution is 2.47. The van der Waals surface area contributed by atoms with E-state index in [-0.39, 0.29) is 12.3 Å². The number of nitrogens with zero attached hydrogens (tertiary/aromatic N) is 1. The maximum atomic E-state index is 12.7. The third kappa shape index (κ3) is 1.99. The van der Waals surface area contributed by atoms with Crippen molar-refractivity contribution in [2.45, 2.75) is 18.8 Å². The molecule has 0 saturated heterocycles. The molecular formula is C18H18N2O2. The van der Waals surface area contributed by atoms with Crippen molar-refractivity contribution in [1.29, 1.82) is 0 Å². The number of carbonyl (C=O) groups excluding carboxylic acids is 2. The summed E-state index contributed by atoms with van der Waals surface area (Å²) in [5.74, 6) is -0.563. The number of hydrogen-bond acceptors (Lipinski definition) is 2. The molecule has 1 aliphatic heterocycles. The fourth-order valence-corrected chi connectivity index (χ4v) is 3.31. The maximum Gasteiger partial charge on any atom is 0.237 e. The fourth-order valence-electron chi connectivity index (χ4n) is 3.31. The number of anilines is 1. The summed E-state index contributed by atoms with van der Waals surface area (Å²) in [5, 5.41) is 0. The van der Waals surface area contributed by atoms with E-state index in [9.17, 15) is 9.59 Å². The Labute approximate surface area is 129 Å². The quantitative estimate of drug-likeness (QED) is 0.945. The fraction of sp³-hybridized carbons (Fsp3) is 0.222. The van der Waals surface area contributed by atoms with E-state index in [2.05, 4.69) is 0 Å². The van der Waals surface area contributed by atoms with Crippen LogP contribution in [0.15, 0.2) is 48.5 Å². The average molecular weight is 294 g/mol. The molecule has 22 heavy (non-hydrogen) atoms. The van der Waals surface area contributed by atoms with Crippen molar-refractivity contribution < 1.29 is 9.59 Å². The second-order valence-corrected chi connectivity index (χ2v) is 5.91. The first kappa shape index (κ1) is 14.3. The van der Waals surface area contributed by atoms with E-state index < -0.39 is 11.3 Å². The summed E-state index contributed by atoms with van der Waals surface area (Å²) in [6, 6.07) is 15.7. The van der Waals surface area contributed by atoms with Crippen LogP contribution in [0.2, 0.25) is 0 Å². The number of carbonyl (C=O) groups is 2. The highest BCUT2D eigenvalue weighted by molar-refractivity contribution is 6.12. The molecule has 0 bridgehead atoms. The molecule has 0 saturated carbocycles. The van der Waals surface area contributed by atoms with Gasteiger partial charge in [0.15, 0.2) is 0 Å². The standard InChI is InChI=1S/C18H18N2O2/c1-18(11-15(19)21)14-10-6-9-13(12-7-4-3-5-8-12)16(14)20(2)17(18)22/h3-10H,11H2,1-2H3,(H2,19,21). The molecule has 2 aromatic carbocycles. The van der Waals surface area contributed by atoms with E-state index >= 15 is 0 Å². The van der Waals surface area contributed by atoms with Crippen LogP contribution in [-0.4, -0.2) is 18.9 Å². The third-order valence-electron chi connectivity index (χ3n) is 4.36. The van der Waals surface area contributed by atoms with Gasteiger partial charge in [0.05, 0.1) is 11.1 Å². The number of amides is 2. The number of nitrogens with two attached hydrogens (primary N) is 1. The van der Waals surface area contributed by atoms with Gasteiger partial charge < -0.3 is 10.6 Å². The Morgan fingerprint density at radius 1 is 1.14 bits per heavy atom. The normalized spacial score (nSPS) is 20.1. The third-order valence-corrected chi connectivity index (χ3v) is 4.36. The summed E-state index contributed by atoms with van der Waals surface area (Å²) < 4.78 is 0. The molecule has 1 aliphatic rings. The summed E-state index contributed by atoms with van der Waals surface area (Å²) in [6.07, 6.45) is 0.0153. The van der Waals surface area contributed by atoms with E-state index in [4.69, 9.17) is 5.73 Å². The lowest BCUT2D eigenvalue weighted by Gasteiger charge is -2.21. The van der Waals surface area contributed by atoms with E-state index in [0.29, 0.717) is 0 Å². The van der Waals surface area contributed by atoms with Gasteiger partial charge in [0.2, 0.25) is 11.8 Å². The van der Waals surface area contributed by atoms with Crippen LogP contribution >= 0.6 is 0 Å². The molecule has 2 amide bonds. The van der Waals surface area contributed by atoms with Gasteiger partial charge in [-0.3, -0.25) is 9.59 Å². The van der Waals surface area contributed by atoms with Crippen molar-refractivity contribution in [3.63, 3.8) is 0 Å². The summed E-state index contributed by atoms with van der Waals surface area (Å²) in [6.45, 7) is 1.79. The first-order chi connectivity index (χ1) is 10.4. The molecule has 4 nitrogen and oxygen atoms in total. The highest BCUT2D eigenvalue weighted by Gasteiger charge is 2.47. The van der Waals surface area contributed by atoms with Crippen molar-refractivity contribution >= 4 is 17.5 Å². The molecule has 0 aromatic heterocycles. The van der Waals surface area contributed by atoms with E-state index in [1.165, 1.54) is 0 Å². The minimum Gasteiger partial charge on any atom is -0.370 e. The number of benzene rings is 2. The molecule has 1 heterocycles. The number of likely N-dealkylation sites (N-methyl/N-ethyl adjacent to an activating group) is 1. The monoisotopic (exact) mass is 294 g/mol. The first-order valence-corrected chi connectivity index (χ1v) is 7.20. The van der Waals surface area contributed by atoms with Gasteiger partial charge in [-0.05, 0) is 18.1 Å². The Bertz CT molecular complexity index is 755. The topological polar surface area (TPSA) is 63.4 Å². The Hall–Kier alpha value is -2.62. The van der Waals surface area contributed by atoms with Gasteiger partial charge >= 0.3 is 0 Å². The molecule has 2 N–H and O–H groups in total. The Morgan fingerprint density at radius 3 is 2.45 bits per heavy atom. The lowest BCUT2D eigenvalue weighted by Crippen LogP contribution is -2.39. The summed E-state index contributed by atoms with van der Waals surface area (Å²) in [7, 11) is 1.75. The van der Waals surface area contributed by atoms with Crippen LogP contribution in [0.4, 0.5) is 5.69 Å². The van der Waals surface area contributed by atoms with Gasteiger partial charge in [0.1, 0.15) is 0 Å². The van der Waals surface area contributed by atoms with Crippen LogP contribution in [0.3, 0.4) is 0 Å². The lowest BCUT2D eigenvalue weighted by molar-refractivity contribution is -0.127. The zero-order chi connectivity index (χ0) is 15.9. The van der Waals surface area contributed by atoms with Gasteiger partial charge in [-0.15, -0.1) is 0 Å². The van der Waals surface area contributed by atoms with E-state index in [1.54, 1.807) is 18.9 Å². The summed E-state index contributed by atoms with van der Waals surface area (Å²) in [5.41, 5.74) is 8.23. The van der Waals surface area contributed by atoms with Gasteiger partial charge in [-0.2, -0.15) is 0 Å². The SMILES string of the molecule is CN1C(=O)C(C)(CC(N)=O)c2cccc(-c3ccccc3)c21. The van der Waals surface area contributed by atoms with Crippen molar-refractivity contribution in [2.75, 3.05) is 11.9 Å². The van der Waals surface area contributed by atoms with Crippen LogP contribution in [0, 0.1) is 0 Å². The molecule has 4 heteroatoms. The van der Waals surface area contributed by atoms with Gasteiger partial charge in [0, 0.05) is 19.0 Å². The zero-order valence-electron chi connectivity index (χ0n) is 12.7. The summed E-state index contributed by atoms with van der Waals surface area (Å²) >= 11 is 0.